The third-order valence-electron chi connectivity index (χ3n) is 5.47. The number of nitrogens with zero attached hydrogens (tertiary/aromatic N) is 2. The summed E-state index contributed by atoms with van der Waals surface area (Å²) in [6, 6.07) is 20.3. The summed E-state index contributed by atoms with van der Waals surface area (Å²) < 4.78 is 7.02. The maximum atomic E-state index is 12.3. The van der Waals surface area contributed by atoms with Gasteiger partial charge in [0, 0.05) is 32.4 Å². The van der Waals surface area contributed by atoms with Crippen LogP contribution in [-0.4, -0.2) is 46.8 Å². The number of aromatic nitrogens is 2. The molecule has 0 saturated carbocycles. The van der Waals surface area contributed by atoms with Crippen LogP contribution in [0.5, 0.6) is 0 Å². The molecule has 0 unspecified atom stereocenters. The quantitative estimate of drug-likeness (QED) is 0.378. The molecule has 0 aliphatic rings. The van der Waals surface area contributed by atoms with Gasteiger partial charge in [0.15, 0.2) is 0 Å². The van der Waals surface area contributed by atoms with Crippen molar-refractivity contribution < 1.29 is 19.4 Å². The molecular weight excluding hydrogens is 418 g/mol. The second kappa shape index (κ2) is 10.1. The lowest BCUT2D eigenvalue weighted by Gasteiger charge is -2.09. The lowest BCUT2D eigenvalue weighted by Crippen LogP contribution is -2.25. The highest BCUT2D eigenvalue weighted by atomic mass is 16.5. The monoisotopic (exact) mass is 443 g/mol. The lowest BCUT2D eigenvalue weighted by atomic mass is 9.99. The number of carboxylic acids is 1. The van der Waals surface area contributed by atoms with Crippen molar-refractivity contribution in [2.45, 2.75) is 13.0 Å². The average molecular weight is 444 g/mol. The number of methoxy groups -OCH3 is 1. The number of fused-ring (bicyclic) bond motifs is 1. The van der Waals surface area contributed by atoms with Crippen LogP contribution in [0.2, 0.25) is 0 Å². The smallest absolute Gasteiger partial charge is 0.336 e. The number of carbonyl (C=O) groups is 2. The highest BCUT2D eigenvalue weighted by molar-refractivity contribution is 5.97. The largest absolute Gasteiger partial charge is 0.478 e. The number of benzene rings is 3. The molecular formula is C26H25N3O4. The number of amides is 1. The van der Waals surface area contributed by atoms with Crippen LogP contribution in [0.15, 0.2) is 73.1 Å². The summed E-state index contributed by atoms with van der Waals surface area (Å²) in [6.45, 7) is 1.78. The molecule has 0 saturated heterocycles. The minimum absolute atomic E-state index is 0.125. The van der Waals surface area contributed by atoms with Crippen LogP contribution in [-0.2, 0) is 11.3 Å². The number of nitrogens with one attached hydrogen (secondary N) is 1. The Balaban J connectivity index is 1.48. The van der Waals surface area contributed by atoms with E-state index in [2.05, 4.69) is 10.3 Å². The van der Waals surface area contributed by atoms with Crippen LogP contribution >= 0.6 is 0 Å². The number of rotatable bonds is 9. The van der Waals surface area contributed by atoms with Gasteiger partial charge in [0.1, 0.15) is 0 Å². The molecule has 0 radical (unpaired) electrons. The maximum absolute atomic E-state index is 12.3. The fourth-order valence-corrected chi connectivity index (χ4v) is 3.76. The zero-order valence-corrected chi connectivity index (χ0v) is 18.3. The number of hydrogen-bond acceptors (Lipinski definition) is 4. The summed E-state index contributed by atoms with van der Waals surface area (Å²) in [5, 5.41) is 12.3. The van der Waals surface area contributed by atoms with Crippen LogP contribution in [0.4, 0.5) is 0 Å². The van der Waals surface area contributed by atoms with Crippen molar-refractivity contribution in [2.24, 2.45) is 0 Å². The van der Waals surface area contributed by atoms with Crippen molar-refractivity contribution in [2.75, 3.05) is 20.3 Å². The molecule has 7 nitrogen and oxygen atoms in total. The van der Waals surface area contributed by atoms with E-state index in [-0.39, 0.29) is 11.5 Å². The Morgan fingerprint density at radius 1 is 1.06 bits per heavy atom. The highest BCUT2D eigenvalue weighted by Crippen LogP contribution is 2.25. The van der Waals surface area contributed by atoms with Crippen LogP contribution in [0.3, 0.4) is 0 Å². The van der Waals surface area contributed by atoms with Crippen LogP contribution in [0.25, 0.3) is 22.2 Å². The molecule has 0 fully saturated rings. The standard InChI is InChI=1S/C26H25N3O4/c1-33-14-4-13-27-25(30)20-11-12-24-23(15-20)28-17-29(24)16-18-7-9-19(10-8-18)21-5-2-3-6-22(21)26(31)32/h2-3,5-12,15,17H,4,13-14,16H2,1H3,(H,27,30)(H,31,32). The molecule has 0 aliphatic carbocycles. The molecule has 168 valence electrons. The first kappa shape index (κ1) is 22.2. The maximum Gasteiger partial charge on any atom is 0.336 e. The zero-order valence-electron chi connectivity index (χ0n) is 18.3. The van der Waals surface area contributed by atoms with Gasteiger partial charge < -0.3 is 19.7 Å². The first-order valence-electron chi connectivity index (χ1n) is 10.7. The second-order valence-electron chi connectivity index (χ2n) is 7.73. The van der Waals surface area contributed by atoms with Crippen LogP contribution in [0.1, 0.15) is 32.7 Å². The Labute approximate surface area is 191 Å². The highest BCUT2D eigenvalue weighted by Gasteiger charge is 2.12. The molecule has 33 heavy (non-hydrogen) atoms. The summed E-state index contributed by atoms with van der Waals surface area (Å²) in [7, 11) is 1.64. The van der Waals surface area contributed by atoms with Crippen molar-refractivity contribution in [3.05, 3.63) is 89.7 Å². The predicted octanol–water partition coefficient (Wildman–Crippen LogP) is 4.22. The molecule has 1 aromatic heterocycles. The van der Waals surface area contributed by atoms with Gasteiger partial charge in [0.05, 0.1) is 22.9 Å². The first-order chi connectivity index (χ1) is 16.1. The van der Waals surface area contributed by atoms with Crippen molar-refractivity contribution in [3.63, 3.8) is 0 Å². The predicted molar refractivity (Wildman–Crippen MR) is 126 cm³/mol. The number of ether oxygens (including phenoxy) is 1. The van der Waals surface area contributed by atoms with E-state index in [0.29, 0.717) is 30.8 Å². The average Bonchev–Trinajstić information content (AvgIpc) is 3.24. The van der Waals surface area contributed by atoms with Gasteiger partial charge >= 0.3 is 5.97 Å². The van der Waals surface area contributed by atoms with E-state index in [0.717, 1.165) is 28.6 Å². The Morgan fingerprint density at radius 3 is 2.61 bits per heavy atom. The van der Waals surface area contributed by atoms with Gasteiger partial charge in [-0.05, 0) is 47.4 Å². The minimum Gasteiger partial charge on any atom is -0.478 e. The summed E-state index contributed by atoms with van der Waals surface area (Å²) in [4.78, 5) is 28.3. The second-order valence-corrected chi connectivity index (χ2v) is 7.73. The third kappa shape index (κ3) is 5.10. The first-order valence-corrected chi connectivity index (χ1v) is 10.7. The van der Waals surface area contributed by atoms with E-state index >= 15 is 0 Å². The molecule has 0 atom stereocenters. The molecule has 4 rings (SSSR count). The Kier molecular flexibility index (Phi) is 6.80. The SMILES string of the molecule is COCCCNC(=O)c1ccc2c(c1)ncn2Cc1ccc(-c2ccccc2C(=O)O)cc1. The van der Waals surface area contributed by atoms with Gasteiger partial charge in [0.2, 0.25) is 0 Å². The molecule has 4 aromatic rings. The molecule has 1 heterocycles. The van der Waals surface area contributed by atoms with Crippen LogP contribution < -0.4 is 5.32 Å². The van der Waals surface area contributed by atoms with E-state index in [4.69, 9.17) is 4.74 Å². The van der Waals surface area contributed by atoms with E-state index in [1.165, 1.54) is 0 Å². The van der Waals surface area contributed by atoms with E-state index in [1.54, 1.807) is 37.7 Å². The minimum atomic E-state index is -0.942. The molecule has 0 bridgehead atoms. The summed E-state index contributed by atoms with van der Waals surface area (Å²) >= 11 is 0. The molecule has 3 aromatic carbocycles. The summed E-state index contributed by atoms with van der Waals surface area (Å²) in [5.74, 6) is -1.07. The van der Waals surface area contributed by atoms with E-state index in [9.17, 15) is 14.7 Å². The van der Waals surface area contributed by atoms with Crippen molar-refractivity contribution in [3.8, 4) is 11.1 Å². The molecule has 7 heteroatoms. The number of carbonyl (C=O) groups excluding carboxylic acids is 1. The van der Waals surface area contributed by atoms with E-state index in [1.807, 2.05) is 47.0 Å². The topological polar surface area (TPSA) is 93.5 Å². The summed E-state index contributed by atoms with van der Waals surface area (Å²) in [5.41, 5.74) is 5.16. The molecule has 2 N–H and O–H groups in total. The molecule has 0 spiro atoms. The van der Waals surface area contributed by atoms with Gasteiger partial charge in [-0.25, -0.2) is 9.78 Å². The zero-order chi connectivity index (χ0) is 23.2. The van der Waals surface area contributed by atoms with Gasteiger partial charge in [0.25, 0.3) is 5.91 Å². The fourth-order valence-electron chi connectivity index (χ4n) is 3.76. The number of hydrogen-bond donors (Lipinski definition) is 2. The number of imidazole rings is 1. The molecule has 0 aliphatic heterocycles. The van der Waals surface area contributed by atoms with Crippen molar-refractivity contribution in [1.82, 2.24) is 14.9 Å². The lowest BCUT2D eigenvalue weighted by molar-refractivity contribution is 0.0697. The van der Waals surface area contributed by atoms with Gasteiger partial charge in [-0.3, -0.25) is 4.79 Å². The van der Waals surface area contributed by atoms with E-state index < -0.39 is 5.97 Å². The van der Waals surface area contributed by atoms with Gasteiger partial charge in [-0.2, -0.15) is 0 Å². The van der Waals surface area contributed by atoms with Gasteiger partial charge in [-0.15, -0.1) is 0 Å². The Bertz CT molecular complexity index is 1280. The fraction of sp³-hybridized carbons (Fsp3) is 0.192. The normalized spacial score (nSPS) is 10.9. The Hall–Kier alpha value is -3.97. The van der Waals surface area contributed by atoms with Crippen molar-refractivity contribution >= 4 is 22.9 Å². The number of aromatic carboxylic acids is 1. The van der Waals surface area contributed by atoms with Crippen LogP contribution in [0, 0.1) is 0 Å². The van der Waals surface area contributed by atoms with Crippen molar-refractivity contribution in [1.29, 1.82) is 0 Å². The third-order valence-corrected chi connectivity index (χ3v) is 5.47. The molecule has 1 amide bonds. The summed E-state index contributed by atoms with van der Waals surface area (Å²) in [6.07, 6.45) is 2.53. The van der Waals surface area contributed by atoms with Gasteiger partial charge in [-0.1, -0.05) is 42.5 Å². The Morgan fingerprint density at radius 2 is 1.85 bits per heavy atom. The number of carboxylic acid groups (broad SMARTS) is 1.